The predicted octanol–water partition coefficient (Wildman–Crippen LogP) is 5.56. The molecule has 3 aliphatic rings. The van der Waals surface area contributed by atoms with E-state index in [1.54, 1.807) is 13.2 Å². The second kappa shape index (κ2) is 23.4. The van der Waals surface area contributed by atoms with E-state index in [-0.39, 0.29) is 67.2 Å². The summed E-state index contributed by atoms with van der Waals surface area (Å²) in [6, 6.07) is -0.686. The molecule has 65 heavy (non-hydrogen) atoms. The van der Waals surface area contributed by atoms with E-state index in [0.717, 1.165) is 12.8 Å². The maximum absolute atomic E-state index is 14.8. The number of nitrogens with zero attached hydrogens (tertiary/aromatic N) is 5. The van der Waals surface area contributed by atoms with Gasteiger partial charge in [0.15, 0.2) is 0 Å². The Labute approximate surface area is 385 Å². The van der Waals surface area contributed by atoms with Crippen molar-refractivity contribution in [2.45, 2.75) is 158 Å². The van der Waals surface area contributed by atoms with Crippen molar-refractivity contribution in [2.75, 3.05) is 73.2 Å². The van der Waals surface area contributed by atoms with Crippen molar-refractivity contribution in [3.05, 3.63) is 38.0 Å². The van der Waals surface area contributed by atoms with Gasteiger partial charge in [-0.3, -0.25) is 0 Å². The van der Waals surface area contributed by atoms with Gasteiger partial charge in [0.25, 0.3) is 0 Å². The van der Waals surface area contributed by atoms with Gasteiger partial charge in [0.05, 0.1) is 71.5 Å². The zero-order valence-corrected chi connectivity index (χ0v) is 41.2. The highest BCUT2D eigenvalue weighted by molar-refractivity contribution is 5.67. The molecule has 1 heterocycles. The summed E-state index contributed by atoms with van der Waals surface area (Å²) in [4.78, 5) is 77.5. The van der Waals surface area contributed by atoms with Crippen LogP contribution in [-0.2, 0) is 52.8 Å². The Morgan fingerprint density at radius 2 is 0.954 bits per heavy atom. The highest BCUT2D eigenvalue weighted by Gasteiger charge is 2.46. The number of hydrogen-bond acceptors (Lipinski definition) is 13. The van der Waals surface area contributed by atoms with E-state index in [1.807, 2.05) is 13.8 Å². The zero-order chi connectivity index (χ0) is 48.1. The molecule has 3 saturated carbocycles. The van der Waals surface area contributed by atoms with Crippen LogP contribution in [0.5, 0.6) is 0 Å². The molecular formula is C48H80N6O11. The third-order valence-electron chi connectivity index (χ3n) is 13.1. The minimum Gasteiger partial charge on any atom is -0.447 e. The van der Waals surface area contributed by atoms with Crippen molar-refractivity contribution >= 4 is 18.0 Å². The van der Waals surface area contributed by atoms with Crippen molar-refractivity contribution in [3.63, 3.8) is 0 Å². The Hall–Kier alpha value is -3.69. The van der Waals surface area contributed by atoms with Crippen molar-refractivity contribution in [2.24, 2.45) is 42.5 Å². The largest absolute Gasteiger partial charge is 0.447 e. The van der Waals surface area contributed by atoms with Crippen LogP contribution in [0.2, 0.25) is 0 Å². The molecule has 0 saturated heterocycles. The van der Waals surface area contributed by atoms with Gasteiger partial charge in [0.2, 0.25) is 6.08 Å². The number of aromatic nitrogens is 3. The quantitative estimate of drug-likeness (QED) is 0.0776. The summed E-state index contributed by atoms with van der Waals surface area (Å²) in [5.41, 5.74) is -4.29. The molecule has 17 heteroatoms. The minimum atomic E-state index is -0.661. The Morgan fingerprint density at radius 1 is 0.585 bits per heavy atom. The molecule has 17 nitrogen and oxygen atoms in total. The van der Waals surface area contributed by atoms with E-state index >= 15 is 0 Å². The lowest BCUT2D eigenvalue weighted by Gasteiger charge is -2.47. The van der Waals surface area contributed by atoms with Crippen molar-refractivity contribution in [1.82, 2.24) is 19.0 Å². The number of hydrogen-bond donors (Lipinski definition) is 1. The lowest BCUT2D eigenvalue weighted by molar-refractivity contribution is -0.0115. The van der Waals surface area contributed by atoms with E-state index in [4.69, 9.17) is 28.4 Å². The van der Waals surface area contributed by atoms with Gasteiger partial charge in [0, 0.05) is 32.8 Å². The van der Waals surface area contributed by atoms with Crippen LogP contribution in [0, 0.1) is 32.5 Å². The number of rotatable bonds is 24. The number of ether oxygens (including phenoxy) is 6. The average molecular weight is 917 g/mol. The number of methoxy groups -OCH3 is 1. The number of amides is 1. The minimum absolute atomic E-state index is 0.0405. The van der Waals surface area contributed by atoms with Gasteiger partial charge in [-0.05, 0) is 103 Å². The van der Waals surface area contributed by atoms with E-state index in [9.17, 15) is 24.0 Å². The first-order chi connectivity index (χ1) is 30.4. The van der Waals surface area contributed by atoms with Crippen molar-refractivity contribution < 1.29 is 38.0 Å². The number of alkyl carbamates (subject to hydrolysis) is 1. The number of nitrogens with one attached hydrogen (secondary N) is 1. The molecule has 6 atom stereocenters. The second-order valence-electron chi connectivity index (χ2n) is 22.5. The lowest BCUT2D eigenvalue weighted by Crippen LogP contribution is -2.59. The highest BCUT2D eigenvalue weighted by atomic mass is 16.6. The van der Waals surface area contributed by atoms with Crippen LogP contribution in [0.4, 0.5) is 4.79 Å². The molecule has 4 rings (SSSR count). The monoisotopic (exact) mass is 917 g/mol. The maximum Gasteiger partial charge on any atom is 0.407 e. The molecule has 1 aromatic heterocycles. The first-order valence-electron chi connectivity index (χ1n) is 23.4. The summed E-state index contributed by atoms with van der Waals surface area (Å²) >= 11 is 0. The molecule has 3 aliphatic carbocycles. The van der Waals surface area contributed by atoms with Crippen molar-refractivity contribution in [3.8, 4) is 0 Å². The van der Waals surface area contributed by atoms with Gasteiger partial charge in [-0.2, -0.15) is 0 Å². The summed E-state index contributed by atoms with van der Waals surface area (Å²) in [5.74, 6) is 2.71. The van der Waals surface area contributed by atoms with E-state index in [1.165, 1.54) is 13.7 Å². The molecular weight excluding hydrogens is 837 g/mol. The molecule has 1 N–H and O–H groups in total. The van der Waals surface area contributed by atoms with E-state index in [2.05, 4.69) is 76.2 Å². The molecule has 0 spiro atoms. The van der Waals surface area contributed by atoms with Crippen LogP contribution in [0.25, 0.3) is 0 Å². The first-order valence-corrected chi connectivity index (χ1v) is 23.4. The van der Waals surface area contributed by atoms with Crippen molar-refractivity contribution in [1.29, 1.82) is 0 Å². The molecule has 0 radical (unpaired) electrons. The topological polar surface area (TPSA) is 192 Å². The third kappa shape index (κ3) is 16.9. The maximum atomic E-state index is 14.8. The van der Waals surface area contributed by atoms with Gasteiger partial charge < -0.3 is 33.7 Å². The van der Waals surface area contributed by atoms with Gasteiger partial charge in [-0.1, -0.05) is 62.3 Å². The normalized spacial score (nSPS) is 28.1. The second-order valence-corrected chi connectivity index (χ2v) is 22.5. The Bertz CT molecular complexity index is 1920. The van der Waals surface area contributed by atoms with Crippen LogP contribution in [-0.4, -0.2) is 123 Å². The van der Waals surface area contributed by atoms with E-state index < -0.39 is 39.4 Å². The zero-order valence-electron chi connectivity index (χ0n) is 41.2. The van der Waals surface area contributed by atoms with Gasteiger partial charge >= 0.3 is 23.2 Å². The molecule has 368 valence electrons. The summed E-state index contributed by atoms with van der Waals surface area (Å²) in [6.45, 7) is 26.7. The van der Waals surface area contributed by atoms with Crippen LogP contribution in [0.15, 0.2) is 30.9 Å². The summed E-state index contributed by atoms with van der Waals surface area (Å²) in [7, 11) is 1.63. The highest BCUT2D eigenvalue weighted by Crippen LogP contribution is 2.50. The average Bonchev–Trinajstić information content (AvgIpc) is 3.16. The Morgan fingerprint density at radius 3 is 1.35 bits per heavy atom. The van der Waals surface area contributed by atoms with Gasteiger partial charge in [-0.25, -0.2) is 47.7 Å². The number of aliphatic imine (C=N–C) groups is 2. The molecule has 1 aromatic rings. The van der Waals surface area contributed by atoms with Crippen LogP contribution in [0.3, 0.4) is 0 Å². The molecule has 0 bridgehead atoms. The van der Waals surface area contributed by atoms with Crippen LogP contribution < -0.4 is 22.4 Å². The number of carbonyl (C=O) groups excluding carboxylic acids is 2. The molecule has 1 amide bonds. The SMILES string of the molecule is C=C=NC1CC(C)(C)CC(C)(Cn2c(=O)n(CC3(C)CC(N=C=O)CC(C)(C)C3)c(=O)n(CC3(C)CC(NC(=O)OCCOCCOCCOCCOCCOC)CC(C)(C)C3)c2=O)C1. The lowest BCUT2D eigenvalue weighted by atomic mass is 9.62. The molecule has 6 unspecified atom stereocenters. The summed E-state index contributed by atoms with van der Waals surface area (Å²) in [5, 5.41) is 3.04. The van der Waals surface area contributed by atoms with Gasteiger partial charge in [0.1, 0.15) is 6.61 Å². The molecule has 0 aliphatic heterocycles. The first kappa shape index (κ1) is 53.9. The number of isocyanates is 1. The molecule has 3 fully saturated rings. The Kier molecular flexibility index (Phi) is 19.4. The fourth-order valence-electron chi connectivity index (χ4n) is 12.2. The summed E-state index contributed by atoms with van der Waals surface area (Å²) in [6.07, 6.45) is 6.99. The van der Waals surface area contributed by atoms with Crippen LogP contribution in [0.1, 0.15) is 120 Å². The number of carbonyl (C=O) groups is 1. The fourth-order valence-corrected chi connectivity index (χ4v) is 12.2. The van der Waals surface area contributed by atoms with Crippen LogP contribution >= 0.6 is 0 Å². The van der Waals surface area contributed by atoms with Gasteiger partial charge in [-0.15, -0.1) is 0 Å². The third-order valence-corrected chi connectivity index (χ3v) is 13.1. The Balaban J connectivity index is 1.49. The standard InChI is InChI=1S/C48H80N6O11/c1-12-49-36-23-43(2,3)29-46(8,26-36)32-52-40(57)53(33-47(9)27-37(50-35-55)24-44(4,5)30-47)42(59)54(41(52)58)34-48(10)28-38(25-45(6,7)31-48)51-39(56)65-22-21-64-20-19-63-18-17-62-16-15-61-14-13-60-11/h36-38H,1,13-34H2,2-11H3,(H,51,56). The fraction of sp³-hybridized carbons (Fsp3) is 0.854. The summed E-state index contributed by atoms with van der Waals surface area (Å²) < 4.78 is 36.1. The molecule has 0 aromatic carbocycles. The smallest absolute Gasteiger partial charge is 0.407 e. The van der Waals surface area contributed by atoms with E-state index in [0.29, 0.717) is 97.8 Å². The predicted molar refractivity (Wildman–Crippen MR) is 249 cm³/mol.